The number of hydrogen-bond donors (Lipinski definition) is 2. The van der Waals surface area contributed by atoms with Crippen LogP contribution in [0, 0.1) is 6.92 Å². The lowest BCUT2D eigenvalue weighted by Gasteiger charge is -2.16. The topological polar surface area (TPSA) is 50.9 Å². The van der Waals surface area contributed by atoms with Crippen molar-refractivity contribution in [2.45, 2.75) is 34.1 Å². The van der Waals surface area contributed by atoms with Crippen LogP contribution in [0.4, 0.5) is 0 Å². The highest BCUT2D eigenvalue weighted by Gasteiger charge is 2.15. The molecule has 0 fully saturated rings. The number of nitrogens with two attached hydrogens (primary N) is 1. The Morgan fingerprint density at radius 3 is 2.58 bits per heavy atom. The first-order chi connectivity index (χ1) is 12.5. The van der Waals surface area contributed by atoms with E-state index >= 15 is 0 Å². The maximum atomic E-state index is 6.50. The monoisotopic (exact) mass is 391 g/mol. The summed E-state index contributed by atoms with van der Waals surface area (Å²) in [7, 11) is 0. The first-order valence-electron chi connectivity index (χ1n) is 8.62. The summed E-state index contributed by atoms with van der Waals surface area (Å²) >= 11 is 12.8. The SMILES string of the molecule is C\C=C/C(=C\CC)C(/C=C(/Cl)CN)=C(\N/C=C/C)c1ncc(C)cc1Cl. The molecule has 1 aromatic heterocycles. The molecule has 5 heteroatoms. The van der Waals surface area contributed by atoms with Gasteiger partial charge in [-0.05, 0) is 56.7 Å². The zero-order valence-corrected chi connectivity index (χ0v) is 17.3. The number of hydrogen-bond acceptors (Lipinski definition) is 3. The van der Waals surface area contributed by atoms with Crippen molar-refractivity contribution in [2.24, 2.45) is 5.73 Å². The number of nitrogens with zero attached hydrogens (tertiary/aromatic N) is 1. The first kappa shape index (κ1) is 22.2. The Bertz CT molecular complexity index is 757. The number of allylic oxidation sites excluding steroid dienone is 7. The van der Waals surface area contributed by atoms with E-state index in [1.165, 1.54) is 0 Å². The van der Waals surface area contributed by atoms with Crippen LogP contribution in [0.5, 0.6) is 0 Å². The summed E-state index contributed by atoms with van der Waals surface area (Å²) < 4.78 is 0. The molecule has 0 radical (unpaired) electrons. The van der Waals surface area contributed by atoms with Gasteiger partial charge in [0, 0.05) is 23.3 Å². The van der Waals surface area contributed by atoms with Crippen LogP contribution < -0.4 is 11.1 Å². The van der Waals surface area contributed by atoms with Crippen LogP contribution in [0.2, 0.25) is 5.02 Å². The summed E-state index contributed by atoms with van der Waals surface area (Å²) in [5, 5.41) is 4.43. The van der Waals surface area contributed by atoms with E-state index in [2.05, 4.69) is 23.3 Å². The van der Waals surface area contributed by atoms with Crippen LogP contribution in [0.1, 0.15) is 38.4 Å². The number of aryl methyl sites for hydroxylation is 1. The summed E-state index contributed by atoms with van der Waals surface area (Å²) in [6.45, 7) is 8.22. The maximum absolute atomic E-state index is 6.50. The molecule has 140 valence electrons. The van der Waals surface area contributed by atoms with Crippen molar-refractivity contribution in [3.05, 3.63) is 81.3 Å². The Labute approximate surface area is 167 Å². The van der Waals surface area contributed by atoms with E-state index in [9.17, 15) is 0 Å². The fourth-order valence-electron chi connectivity index (χ4n) is 2.34. The minimum atomic E-state index is 0.256. The van der Waals surface area contributed by atoms with Gasteiger partial charge in [0.15, 0.2) is 0 Å². The van der Waals surface area contributed by atoms with Crippen LogP contribution in [-0.4, -0.2) is 11.5 Å². The molecule has 1 heterocycles. The average molecular weight is 392 g/mol. The molecule has 0 aliphatic rings. The Morgan fingerprint density at radius 2 is 2.04 bits per heavy atom. The normalized spacial score (nSPS) is 14.3. The van der Waals surface area contributed by atoms with Crippen LogP contribution in [0.3, 0.4) is 0 Å². The molecule has 3 nitrogen and oxygen atoms in total. The van der Waals surface area contributed by atoms with Crippen molar-refractivity contribution in [1.29, 1.82) is 0 Å². The van der Waals surface area contributed by atoms with Gasteiger partial charge < -0.3 is 11.1 Å². The molecule has 0 saturated heterocycles. The summed E-state index contributed by atoms with van der Waals surface area (Å²) in [5.74, 6) is 0. The van der Waals surface area contributed by atoms with Gasteiger partial charge in [-0.1, -0.05) is 54.4 Å². The molecular weight excluding hydrogens is 365 g/mol. The third-order valence-corrected chi connectivity index (χ3v) is 4.01. The highest BCUT2D eigenvalue weighted by atomic mass is 35.5. The molecule has 26 heavy (non-hydrogen) atoms. The molecule has 1 rings (SSSR count). The lowest BCUT2D eigenvalue weighted by molar-refractivity contribution is 1.12. The van der Waals surface area contributed by atoms with E-state index in [0.29, 0.717) is 15.7 Å². The fraction of sp³-hybridized carbons (Fsp3) is 0.286. The van der Waals surface area contributed by atoms with Gasteiger partial charge in [-0.3, -0.25) is 4.98 Å². The molecule has 0 aromatic carbocycles. The second-order valence-corrected chi connectivity index (χ2v) is 6.53. The molecule has 0 amide bonds. The molecule has 0 atom stereocenters. The Balaban J connectivity index is 3.83. The quantitative estimate of drug-likeness (QED) is 0.544. The van der Waals surface area contributed by atoms with E-state index in [1.54, 1.807) is 6.20 Å². The third kappa shape index (κ3) is 6.49. The van der Waals surface area contributed by atoms with E-state index in [4.69, 9.17) is 28.9 Å². The van der Waals surface area contributed by atoms with Gasteiger partial charge in [-0.2, -0.15) is 0 Å². The standard InChI is InChI=1S/C21H27Cl2N3/c1-5-8-16(9-6-2)18(12-17(22)13-24)20(25-10-7-3)21-19(23)11-15(4)14-26-21/h5,7-12,14,25H,6,13,24H2,1-4H3/b8-5-,10-7+,16-9+,17-12+,20-18-. The van der Waals surface area contributed by atoms with Crippen molar-refractivity contribution in [2.75, 3.05) is 6.54 Å². The molecule has 0 saturated carbocycles. The van der Waals surface area contributed by atoms with Gasteiger partial charge in [0.25, 0.3) is 0 Å². The zero-order valence-electron chi connectivity index (χ0n) is 15.8. The molecule has 0 aliphatic heterocycles. The third-order valence-electron chi connectivity index (χ3n) is 3.46. The molecule has 3 N–H and O–H groups in total. The lowest BCUT2D eigenvalue weighted by atomic mass is 9.99. The Morgan fingerprint density at radius 1 is 1.31 bits per heavy atom. The highest BCUT2D eigenvalue weighted by Crippen LogP contribution is 2.29. The lowest BCUT2D eigenvalue weighted by Crippen LogP contribution is -2.11. The number of nitrogens with one attached hydrogen (secondary N) is 1. The van der Waals surface area contributed by atoms with Crippen LogP contribution in [-0.2, 0) is 0 Å². The van der Waals surface area contributed by atoms with Crippen molar-refractivity contribution >= 4 is 28.9 Å². The Hall–Kier alpha value is -1.81. The van der Waals surface area contributed by atoms with Crippen molar-refractivity contribution < 1.29 is 0 Å². The molecule has 0 unspecified atom stereocenters. The predicted molar refractivity (Wildman–Crippen MR) is 115 cm³/mol. The van der Waals surface area contributed by atoms with E-state index < -0.39 is 0 Å². The zero-order chi connectivity index (χ0) is 19.5. The van der Waals surface area contributed by atoms with E-state index in [1.807, 2.05) is 57.3 Å². The van der Waals surface area contributed by atoms with E-state index in [-0.39, 0.29) is 6.54 Å². The number of halogens is 2. The number of aromatic nitrogens is 1. The minimum absolute atomic E-state index is 0.256. The molecule has 0 aliphatic carbocycles. The van der Waals surface area contributed by atoms with Crippen molar-refractivity contribution in [1.82, 2.24) is 10.3 Å². The van der Waals surface area contributed by atoms with Gasteiger partial charge in [0.05, 0.1) is 10.7 Å². The van der Waals surface area contributed by atoms with Crippen molar-refractivity contribution in [3.8, 4) is 0 Å². The number of rotatable bonds is 8. The second-order valence-electron chi connectivity index (χ2n) is 5.64. The Kier molecular flexibility index (Phi) is 10.0. The summed E-state index contributed by atoms with van der Waals surface area (Å²) in [5.41, 5.74) is 10.1. The van der Waals surface area contributed by atoms with Gasteiger partial charge in [0.2, 0.25) is 0 Å². The largest absolute Gasteiger partial charge is 0.360 e. The minimum Gasteiger partial charge on any atom is -0.360 e. The molecule has 0 bridgehead atoms. The maximum Gasteiger partial charge on any atom is 0.106 e. The number of pyridine rings is 1. The second kappa shape index (κ2) is 11.7. The molecular formula is C21H27Cl2N3. The van der Waals surface area contributed by atoms with Gasteiger partial charge >= 0.3 is 0 Å². The molecule has 0 spiro atoms. The molecule has 1 aromatic rings. The van der Waals surface area contributed by atoms with Gasteiger partial charge in [-0.25, -0.2) is 0 Å². The van der Waals surface area contributed by atoms with Crippen LogP contribution in [0.15, 0.2) is 65.0 Å². The predicted octanol–water partition coefficient (Wildman–Crippen LogP) is 5.87. The summed E-state index contributed by atoms with van der Waals surface area (Å²) in [6, 6.07) is 1.89. The van der Waals surface area contributed by atoms with Crippen molar-refractivity contribution in [3.63, 3.8) is 0 Å². The first-order valence-corrected chi connectivity index (χ1v) is 9.37. The average Bonchev–Trinajstić information content (AvgIpc) is 2.61. The smallest absolute Gasteiger partial charge is 0.106 e. The van der Waals surface area contributed by atoms with Crippen LogP contribution in [0.25, 0.3) is 5.70 Å². The highest BCUT2D eigenvalue weighted by molar-refractivity contribution is 6.32. The van der Waals surface area contributed by atoms with E-state index in [0.717, 1.165) is 28.8 Å². The van der Waals surface area contributed by atoms with Gasteiger partial charge in [0.1, 0.15) is 5.69 Å². The van der Waals surface area contributed by atoms with Gasteiger partial charge in [-0.15, -0.1) is 0 Å². The van der Waals surface area contributed by atoms with Crippen LogP contribution >= 0.6 is 23.2 Å². The fourth-order valence-corrected chi connectivity index (χ4v) is 2.76. The summed E-state index contributed by atoms with van der Waals surface area (Å²) in [6.07, 6.45) is 14.5. The summed E-state index contributed by atoms with van der Waals surface area (Å²) in [4.78, 5) is 4.55.